The first-order valence-corrected chi connectivity index (χ1v) is 12.7. The zero-order valence-corrected chi connectivity index (χ0v) is 21.8. The van der Waals surface area contributed by atoms with Crippen LogP contribution in [-0.2, 0) is 17.3 Å². The van der Waals surface area contributed by atoms with Crippen LogP contribution in [0.1, 0.15) is 41.3 Å². The highest BCUT2D eigenvalue weighted by atomic mass is 35.5. The van der Waals surface area contributed by atoms with E-state index in [2.05, 4.69) is 15.4 Å². The van der Waals surface area contributed by atoms with Crippen LogP contribution < -0.4 is 10.2 Å². The number of anilines is 2. The molecule has 3 aromatic rings. The lowest BCUT2D eigenvalue weighted by atomic mass is 9.71. The van der Waals surface area contributed by atoms with Gasteiger partial charge in [0.2, 0.25) is 0 Å². The van der Waals surface area contributed by atoms with E-state index >= 15 is 8.78 Å². The molecule has 1 saturated carbocycles. The first-order chi connectivity index (χ1) is 18.4. The van der Waals surface area contributed by atoms with E-state index in [1.54, 1.807) is 6.92 Å². The van der Waals surface area contributed by atoms with Crippen molar-refractivity contribution in [3.05, 3.63) is 69.8 Å². The molecule has 204 valence electrons. The minimum atomic E-state index is -1.51. The third kappa shape index (κ3) is 3.96. The summed E-state index contributed by atoms with van der Waals surface area (Å²) in [5.74, 6) is -3.96. The predicted octanol–water partition coefficient (Wildman–Crippen LogP) is 3.00. The number of halogens is 4. The standard InChI is InChI=1S/C26H24ClF3N6O3/c1-25(15-4-3-5-16(27)19(15)29)12-36(22-17(28)11-34(2)33-22)23(37)14-8-31-21(20(30)18(14)25)32-13-9-35(10-13)24(38)26(39)6-7-26/h3-5,8,11,13,39H,6-7,9-10,12H2,1-2H3,(H,31,32)/t25-/m1/s1. The summed E-state index contributed by atoms with van der Waals surface area (Å²) in [4.78, 5) is 32.5. The van der Waals surface area contributed by atoms with Gasteiger partial charge in [-0.05, 0) is 25.8 Å². The summed E-state index contributed by atoms with van der Waals surface area (Å²) in [6.07, 6.45) is 3.11. The van der Waals surface area contributed by atoms with Crippen molar-refractivity contribution in [3.63, 3.8) is 0 Å². The summed E-state index contributed by atoms with van der Waals surface area (Å²) in [5.41, 5.74) is -3.07. The highest BCUT2D eigenvalue weighted by molar-refractivity contribution is 6.30. The van der Waals surface area contributed by atoms with Crippen molar-refractivity contribution in [3.8, 4) is 0 Å². The van der Waals surface area contributed by atoms with Gasteiger partial charge in [0.05, 0.1) is 22.8 Å². The van der Waals surface area contributed by atoms with Crippen molar-refractivity contribution in [1.82, 2.24) is 19.7 Å². The van der Waals surface area contributed by atoms with E-state index in [1.165, 1.54) is 41.0 Å². The summed E-state index contributed by atoms with van der Waals surface area (Å²) >= 11 is 6.08. The Kier molecular flexibility index (Phi) is 5.71. The van der Waals surface area contributed by atoms with Gasteiger partial charge in [0.1, 0.15) is 11.4 Å². The molecule has 0 bridgehead atoms. The Morgan fingerprint density at radius 3 is 2.56 bits per heavy atom. The molecule has 3 aliphatic rings. The third-order valence-corrected chi connectivity index (χ3v) is 8.01. The molecule has 2 amide bonds. The number of rotatable bonds is 5. The Labute approximate surface area is 226 Å². The number of hydrogen-bond acceptors (Lipinski definition) is 6. The van der Waals surface area contributed by atoms with Gasteiger partial charge in [0, 0.05) is 49.4 Å². The quantitative estimate of drug-likeness (QED) is 0.497. The molecule has 0 unspecified atom stereocenters. The van der Waals surface area contributed by atoms with Crippen molar-refractivity contribution in [2.24, 2.45) is 7.05 Å². The molecular formula is C26H24ClF3N6O3. The number of nitrogens with one attached hydrogen (secondary N) is 1. The number of benzene rings is 1. The molecule has 13 heteroatoms. The molecule has 0 spiro atoms. The van der Waals surface area contributed by atoms with Crippen molar-refractivity contribution < 1.29 is 27.9 Å². The van der Waals surface area contributed by atoms with E-state index in [4.69, 9.17) is 11.6 Å². The minimum absolute atomic E-state index is 0.0132. The van der Waals surface area contributed by atoms with Gasteiger partial charge in [-0.3, -0.25) is 19.2 Å². The fourth-order valence-electron chi connectivity index (χ4n) is 5.41. The topological polar surface area (TPSA) is 104 Å². The lowest BCUT2D eigenvalue weighted by Crippen LogP contribution is -2.60. The maximum atomic E-state index is 16.3. The van der Waals surface area contributed by atoms with Crippen molar-refractivity contribution in [2.45, 2.75) is 36.8 Å². The number of carbonyl (C=O) groups is 2. The molecule has 6 rings (SSSR count). The SMILES string of the molecule is Cn1cc(F)c(N2C[C@](C)(c3cccc(Cl)c3F)c3c(cnc(NC4CN(C(=O)C5(O)CC5)C4)c3F)C2=O)n1. The number of likely N-dealkylation sites (tertiary alicyclic amines) is 1. The lowest BCUT2D eigenvalue weighted by molar-refractivity contribution is -0.146. The lowest BCUT2D eigenvalue weighted by Gasteiger charge is -2.43. The van der Waals surface area contributed by atoms with Crippen molar-refractivity contribution in [2.75, 3.05) is 29.9 Å². The molecular weight excluding hydrogens is 537 g/mol. The van der Waals surface area contributed by atoms with Gasteiger partial charge in [-0.25, -0.2) is 18.2 Å². The van der Waals surface area contributed by atoms with E-state index in [9.17, 15) is 19.1 Å². The van der Waals surface area contributed by atoms with Gasteiger partial charge in [-0.1, -0.05) is 23.7 Å². The Balaban J connectivity index is 1.40. The van der Waals surface area contributed by atoms with Gasteiger partial charge in [-0.15, -0.1) is 0 Å². The molecule has 1 aliphatic carbocycles. The molecule has 1 saturated heterocycles. The number of nitrogens with zero attached hydrogens (tertiary/aromatic N) is 5. The van der Waals surface area contributed by atoms with Gasteiger partial charge < -0.3 is 15.3 Å². The Bertz CT molecular complexity index is 1540. The number of aromatic nitrogens is 3. The smallest absolute Gasteiger partial charge is 0.261 e. The number of hydrogen-bond donors (Lipinski definition) is 2. The first-order valence-electron chi connectivity index (χ1n) is 12.4. The van der Waals surface area contributed by atoms with Crippen LogP contribution in [0.25, 0.3) is 0 Å². The van der Waals surface area contributed by atoms with E-state index in [-0.39, 0.29) is 64.9 Å². The fraction of sp³-hybridized carbons (Fsp3) is 0.385. The van der Waals surface area contributed by atoms with Crippen LogP contribution in [0.2, 0.25) is 5.02 Å². The van der Waals surface area contributed by atoms with Crippen LogP contribution in [0, 0.1) is 17.5 Å². The van der Waals surface area contributed by atoms with E-state index in [0.717, 1.165) is 11.1 Å². The monoisotopic (exact) mass is 560 g/mol. The van der Waals surface area contributed by atoms with Gasteiger partial charge in [-0.2, -0.15) is 5.10 Å². The second-order valence-corrected chi connectivity index (χ2v) is 11.0. The number of aryl methyl sites for hydroxylation is 1. The number of pyridine rings is 1. The van der Waals surface area contributed by atoms with Crippen LogP contribution in [0.3, 0.4) is 0 Å². The summed E-state index contributed by atoms with van der Waals surface area (Å²) < 4.78 is 47.6. The average molecular weight is 561 g/mol. The van der Waals surface area contributed by atoms with Gasteiger partial charge in [0.15, 0.2) is 23.3 Å². The molecule has 2 N–H and O–H groups in total. The number of aliphatic hydroxyl groups is 1. The summed E-state index contributed by atoms with van der Waals surface area (Å²) in [6, 6.07) is 3.97. The minimum Gasteiger partial charge on any atom is -0.380 e. The number of carbonyl (C=O) groups excluding carboxylic acids is 2. The summed E-state index contributed by atoms with van der Waals surface area (Å²) in [5, 5.41) is 16.9. The molecule has 4 heterocycles. The average Bonchev–Trinajstić information content (AvgIpc) is 3.53. The molecule has 39 heavy (non-hydrogen) atoms. The molecule has 0 radical (unpaired) electrons. The zero-order chi connectivity index (χ0) is 27.9. The Morgan fingerprint density at radius 1 is 1.21 bits per heavy atom. The van der Waals surface area contributed by atoms with Crippen LogP contribution in [0.4, 0.5) is 24.8 Å². The fourth-order valence-corrected chi connectivity index (χ4v) is 5.58. The molecule has 1 atom stereocenters. The maximum absolute atomic E-state index is 16.3. The normalized spacial score (nSPS) is 22.0. The molecule has 2 aliphatic heterocycles. The number of amides is 2. The largest absolute Gasteiger partial charge is 0.380 e. The predicted molar refractivity (Wildman–Crippen MR) is 135 cm³/mol. The number of fused-ring (bicyclic) bond motifs is 1. The van der Waals surface area contributed by atoms with Gasteiger partial charge in [0.25, 0.3) is 11.8 Å². The molecule has 2 fully saturated rings. The second-order valence-electron chi connectivity index (χ2n) is 10.6. The van der Waals surface area contributed by atoms with Crippen LogP contribution in [-0.4, -0.2) is 67.9 Å². The van der Waals surface area contributed by atoms with Crippen LogP contribution in [0.15, 0.2) is 30.6 Å². The van der Waals surface area contributed by atoms with Gasteiger partial charge >= 0.3 is 0 Å². The highest BCUT2D eigenvalue weighted by Crippen LogP contribution is 2.45. The van der Waals surface area contributed by atoms with Crippen molar-refractivity contribution in [1.29, 1.82) is 0 Å². The van der Waals surface area contributed by atoms with Crippen molar-refractivity contribution >= 4 is 35.1 Å². The Hall–Kier alpha value is -3.64. The van der Waals surface area contributed by atoms with E-state index < -0.39 is 34.4 Å². The molecule has 2 aromatic heterocycles. The second kappa shape index (κ2) is 8.68. The van der Waals surface area contributed by atoms with Crippen LogP contribution in [0.5, 0.6) is 0 Å². The first kappa shape index (κ1) is 25.6. The summed E-state index contributed by atoms with van der Waals surface area (Å²) in [6.45, 7) is 1.71. The summed E-state index contributed by atoms with van der Waals surface area (Å²) in [7, 11) is 1.49. The highest BCUT2D eigenvalue weighted by Gasteiger charge is 2.52. The van der Waals surface area contributed by atoms with E-state index in [0.29, 0.717) is 12.8 Å². The van der Waals surface area contributed by atoms with Crippen LogP contribution >= 0.6 is 11.6 Å². The molecule has 1 aromatic carbocycles. The zero-order valence-electron chi connectivity index (χ0n) is 21.0. The molecule has 9 nitrogen and oxygen atoms in total. The van der Waals surface area contributed by atoms with E-state index in [1.807, 2.05) is 0 Å². The Morgan fingerprint density at radius 2 is 1.92 bits per heavy atom. The maximum Gasteiger partial charge on any atom is 0.261 e. The third-order valence-electron chi connectivity index (χ3n) is 7.72.